The summed E-state index contributed by atoms with van der Waals surface area (Å²) in [7, 11) is -3.76. The van der Waals surface area contributed by atoms with Crippen LogP contribution in [0.15, 0.2) is 23.1 Å². The van der Waals surface area contributed by atoms with Gasteiger partial charge in [0.15, 0.2) is 0 Å². The first-order valence-electron chi connectivity index (χ1n) is 5.99. The smallest absolute Gasteiger partial charge is 0.244 e. The first-order chi connectivity index (χ1) is 9.34. The van der Waals surface area contributed by atoms with E-state index < -0.39 is 21.9 Å². The zero-order chi connectivity index (χ0) is 14.9. The van der Waals surface area contributed by atoms with Crippen LogP contribution in [0, 0.1) is 5.92 Å². The fourth-order valence-electron chi connectivity index (χ4n) is 2.15. The maximum atomic E-state index is 12.5. The molecule has 110 valence electrons. The van der Waals surface area contributed by atoms with Gasteiger partial charge in [-0.25, -0.2) is 8.42 Å². The number of aliphatic carboxylic acids is 1. The van der Waals surface area contributed by atoms with E-state index in [0.717, 1.165) is 0 Å². The number of benzene rings is 1. The van der Waals surface area contributed by atoms with Crippen LogP contribution in [0.4, 0.5) is 0 Å². The molecule has 8 heteroatoms. The molecule has 20 heavy (non-hydrogen) atoms. The lowest BCUT2D eigenvalue weighted by Crippen LogP contribution is -2.43. The van der Waals surface area contributed by atoms with Gasteiger partial charge >= 0.3 is 0 Å². The van der Waals surface area contributed by atoms with Crippen LogP contribution in [0.2, 0.25) is 10.0 Å². The molecule has 0 aromatic heterocycles. The van der Waals surface area contributed by atoms with Crippen molar-refractivity contribution in [3.05, 3.63) is 28.2 Å². The predicted molar refractivity (Wildman–Crippen MR) is 73.0 cm³/mol. The second kappa shape index (κ2) is 5.89. The molecule has 1 aromatic rings. The van der Waals surface area contributed by atoms with E-state index in [1.54, 1.807) is 0 Å². The monoisotopic (exact) mass is 336 g/mol. The van der Waals surface area contributed by atoms with Crippen LogP contribution >= 0.6 is 23.2 Å². The standard InChI is InChI=1S/C12H13Cl2NO4S/c13-9-2-1-3-10(11(9)14)20(18,19)15-6-4-8(5-7-15)12(16)17/h1-3,8H,4-7H2,(H,16,17)/p-1. The second-order valence-electron chi connectivity index (χ2n) is 4.55. The highest BCUT2D eigenvalue weighted by atomic mass is 35.5. The van der Waals surface area contributed by atoms with Crippen LogP contribution in [-0.4, -0.2) is 31.8 Å². The third-order valence-corrected chi connectivity index (χ3v) is 6.19. The maximum absolute atomic E-state index is 12.5. The molecule has 1 saturated heterocycles. The SMILES string of the molecule is O=C([O-])C1CCN(S(=O)(=O)c2cccc(Cl)c2Cl)CC1. The molecule has 0 saturated carbocycles. The minimum Gasteiger partial charge on any atom is -0.550 e. The highest BCUT2D eigenvalue weighted by Crippen LogP contribution is 2.32. The van der Waals surface area contributed by atoms with Crippen molar-refractivity contribution in [3.63, 3.8) is 0 Å². The Morgan fingerprint density at radius 3 is 2.40 bits per heavy atom. The second-order valence-corrected chi connectivity index (χ2v) is 7.24. The van der Waals surface area contributed by atoms with Gasteiger partial charge in [-0.05, 0) is 25.0 Å². The summed E-state index contributed by atoms with van der Waals surface area (Å²) < 4.78 is 26.1. The molecule has 2 rings (SSSR count). The van der Waals surface area contributed by atoms with Gasteiger partial charge in [-0.2, -0.15) is 4.31 Å². The first kappa shape index (κ1) is 15.6. The van der Waals surface area contributed by atoms with Crippen LogP contribution in [0.3, 0.4) is 0 Å². The number of rotatable bonds is 3. The summed E-state index contributed by atoms with van der Waals surface area (Å²) in [5.41, 5.74) is 0. The van der Waals surface area contributed by atoms with E-state index in [0.29, 0.717) is 0 Å². The van der Waals surface area contributed by atoms with Crippen molar-refractivity contribution in [1.29, 1.82) is 0 Å². The van der Waals surface area contributed by atoms with Gasteiger partial charge in [0.2, 0.25) is 10.0 Å². The number of nitrogens with zero attached hydrogens (tertiary/aromatic N) is 1. The molecule has 1 fully saturated rings. The summed E-state index contributed by atoms with van der Waals surface area (Å²) in [4.78, 5) is 10.7. The lowest BCUT2D eigenvalue weighted by Gasteiger charge is -2.31. The molecule has 0 aliphatic carbocycles. The lowest BCUT2D eigenvalue weighted by atomic mass is 9.99. The molecule has 0 unspecified atom stereocenters. The van der Waals surface area contributed by atoms with Crippen molar-refractivity contribution >= 4 is 39.2 Å². The number of carboxylic acid groups (broad SMARTS) is 1. The van der Waals surface area contributed by atoms with Crippen molar-refractivity contribution in [1.82, 2.24) is 4.31 Å². The van der Waals surface area contributed by atoms with Gasteiger partial charge in [-0.1, -0.05) is 29.3 Å². The van der Waals surface area contributed by atoms with Gasteiger partial charge < -0.3 is 9.90 Å². The third kappa shape index (κ3) is 2.93. The molecule has 0 atom stereocenters. The summed E-state index contributed by atoms with van der Waals surface area (Å²) in [6.07, 6.45) is 0.472. The minimum atomic E-state index is -3.76. The Kier molecular flexibility index (Phi) is 4.59. The Morgan fingerprint density at radius 2 is 1.85 bits per heavy atom. The van der Waals surface area contributed by atoms with Gasteiger partial charge in [0, 0.05) is 25.0 Å². The molecule has 0 bridgehead atoms. The molecule has 1 heterocycles. The Labute approximate surface area is 127 Å². The Morgan fingerprint density at radius 1 is 1.25 bits per heavy atom. The minimum absolute atomic E-state index is 0.0174. The maximum Gasteiger partial charge on any atom is 0.244 e. The van der Waals surface area contributed by atoms with E-state index in [9.17, 15) is 18.3 Å². The summed E-state index contributed by atoms with van der Waals surface area (Å²) in [5, 5.41) is 10.9. The quantitative estimate of drug-likeness (QED) is 0.829. The molecular formula is C12H12Cl2NO4S-. The molecule has 5 nitrogen and oxygen atoms in total. The Balaban J connectivity index is 2.24. The predicted octanol–water partition coefficient (Wildman–Crippen LogP) is 1.14. The van der Waals surface area contributed by atoms with Crippen LogP contribution in [-0.2, 0) is 14.8 Å². The average Bonchev–Trinajstić information content (AvgIpc) is 2.41. The summed E-state index contributed by atoms with van der Waals surface area (Å²) in [6.45, 7) is 0.258. The van der Waals surface area contributed by atoms with E-state index in [2.05, 4.69) is 0 Å². The fourth-order valence-corrected chi connectivity index (χ4v) is 4.36. The van der Waals surface area contributed by atoms with Gasteiger partial charge in [-0.3, -0.25) is 0 Å². The number of hydrogen-bond donors (Lipinski definition) is 0. The third-order valence-electron chi connectivity index (χ3n) is 3.32. The van der Waals surface area contributed by atoms with Gasteiger partial charge in [0.25, 0.3) is 0 Å². The van der Waals surface area contributed by atoms with Gasteiger partial charge in [0.05, 0.1) is 10.0 Å². The number of carboxylic acids is 1. The number of halogens is 2. The average molecular weight is 337 g/mol. The van der Waals surface area contributed by atoms with Crippen molar-refractivity contribution in [2.24, 2.45) is 5.92 Å². The highest BCUT2D eigenvalue weighted by Gasteiger charge is 2.31. The topological polar surface area (TPSA) is 77.5 Å². The van der Waals surface area contributed by atoms with Crippen LogP contribution < -0.4 is 5.11 Å². The van der Waals surface area contributed by atoms with E-state index in [1.165, 1.54) is 22.5 Å². The van der Waals surface area contributed by atoms with Crippen molar-refractivity contribution < 1.29 is 18.3 Å². The van der Waals surface area contributed by atoms with Gasteiger partial charge in [0.1, 0.15) is 4.90 Å². The van der Waals surface area contributed by atoms with Crippen molar-refractivity contribution in [2.45, 2.75) is 17.7 Å². The number of hydrogen-bond acceptors (Lipinski definition) is 4. The van der Waals surface area contributed by atoms with Crippen molar-refractivity contribution in [2.75, 3.05) is 13.1 Å². The van der Waals surface area contributed by atoms with E-state index >= 15 is 0 Å². The van der Waals surface area contributed by atoms with Crippen LogP contribution in [0.5, 0.6) is 0 Å². The zero-order valence-electron chi connectivity index (χ0n) is 10.4. The number of carbonyl (C=O) groups is 1. The highest BCUT2D eigenvalue weighted by molar-refractivity contribution is 7.89. The lowest BCUT2D eigenvalue weighted by molar-refractivity contribution is -0.312. The normalized spacial score (nSPS) is 18.1. The van der Waals surface area contributed by atoms with Gasteiger partial charge in [-0.15, -0.1) is 0 Å². The number of carbonyl (C=O) groups excluding carboxylic acids is 1. The molecule has 1 aliphatic rings. The molecule has 1 aliphatic heterocycles. The van der Waals surface area contributed by atoms with E-state index in [-0.39, 0.29) is 40.9 Å². The van der Waals surface area contributed by atoms with E-state index in [4.69, 9.17) is 23.2 Å². The number of piperidine rings is 1. The Bertz CT molecular complexity index is 624. The summed E-state index contributed by atoms with van der Waals surface area (Å²) >= 11 is 11.8. The molecule has 0 spiro atoms. The fraction of sp³-hybridized carbons (Fsp3) is 0.417. The molecule has 0 radical (unpaired) electrons. The molecule has 0 amide bonds. The van der Waals surface area contributed by atoms with Crippen molar-refractivity contribution in [3.8, 4) is 0 Å². The van der Waals surface area contributed by atoms with Crippen LogP contribution in [0.25, 0.3) is 0 Å². The molecule has 1 aromatic carbocycles. The van der Waals surface area contributed by atoms with Crippen LogP contribution in [0.1, 0.15) is 12.8 Å². The van der Waals surface area contributed by atoms with E-state index in [1.807, 2.05) is 0 Å². The Hall–Kier alpha value is -0.820. The zero-order valence-corrected chi connectivity index (χ0v) is 12.7. The first-order valence-corrected chi connectivity index (χ1v) is 8.18. The largest absolute Gasteiger partial charge is 0.550 e. The molecular weight excluding hydrogens is 325 g/mol. The number of sulfonamides is 1. The summed E-state index contributed by atoms with van der Waals surface area (Å²) in [6, 6.07) is 4.40. The molecule has 0 N–H and O–H groups in total. The summed E-state index contributed by atoms with van der Waals surface area (Å²) in [5.74, 6) is -1.74.